The lowest BCUT2D eigenvalue weighted by atomic mass is 9.40. The Balaban J connectivity index is 1.74. The maximum Gasteiger partial charge on any atom is 0.311 e. The molecule has 0 amide bonds. The lowest BCUT2D eigenvalue weighted by molar-refractivity contribution is -0.185. The maximum atomic E-state index is 12.7. The first-order valence-electron chi connectivity index (χ1n) is 9.82. The Bertz CT molecular complexity index is 598. The van der Waals surface area contributed by atoms with E-state index in [2.05, 4.69) is 20.8 Å². The summed E-state index contributed by atoms with van der Waals surface area (Å²) in [5.74, 6) is 1.51. The third kappa shape index (κ3) is 1.85. The zero-order valence-electron chi connectivity index (χ0n) is 15.7. The normalized spacial score (nSPS) is 53.2. The monoisotopic (exact) mass is 332 g/mol. The van der Waals surface area contributed by atoms with E-state index >= 15 is 0 Å². The third-order valence-corrected chi connectivity index (χ3v) is 9.01. The maximum absolute atomic E-state index is 12.7. The van der Waals surface area contributed by atoms with Gasteiger partial charge >= 0.3 is 5.97 Å². The van der Waals surface area contributed by atoms with E-state index in [1.165, 1.54) is 20.0 Å². The summed E-state index contributed by atoms with van der Waals surface area (Å²) in [4.78, 5) is 25.3. The molecule has 6 atom stereocenters. The van der Waals surface area contributed by atoms with Crippen LogP contribution in [-0.4, -0.2) is 18.9 Å². The zero-order chi connectivity index (χ0) is 17.4. The average molecular weight is 332 g/mol. The molecule has 0 saturated heterocycles. The zero-order valence-corrected chi connectivity index (χ0v) is 15.7. The molecule has 0 aliphatic heterocycles. The smallest absolute Gasteiger partial charge is 0.311 e. The highest BCUT2D eigenvalue weighted by molar-refractivity contribution is 5.88. The highest BCUT2D eigenvalue weighted by Crippen LogP contribution is 2.73. The number of rotatable bonds is 1. The van der Waals surface area contributed by atoms with Crippen LogP contribution in [0, 0.1) is 33.5 Å². The number of fused-ring (bicyclic) bond motifs is 3. The van der Waals surface area contributed by atoms with Crippen LogP contribution < -0.4 is 0 Å². The molecule has 4 aliphatic carbocycles. The molecule has 0 aromatic rings. The molecule has 0 aromatic carbocycles. The van der Waals surface area contributed by atoms with Gasteiger partial charge in [-0.1, -0.05) is 20.3 Å². The molecule has 0 aromatic heterocycles. The fraction of sp³-hybridized carbons (Fsp3) is 0.905. The molecule has 0 N–H and O–H groups in total. The summed E-state index contributed by atoms with van der Waals surface area (Å²) < 4.78 is 5.22. The number of Topliss-reactive ketones (excluding diaryl/α,β-unsaturated/α-hetero) is 1. The van der Waals surface area contributed by atoms with E-state index in [0.29, 0.717) is 17.6 Å². The SMILES string of the molecule is COC(=O)[C@]1(C)CCC[C@@]2(C)[C@H]3CC[C@@]4(C)C[C@]3(CC[C@@H]21)CC4=O. The molecule has 0 radical (unpaired) electrons. The number of esters is 1. The van der Waals surface area contributed by atoms with E-state index in [1.807, 2.05) is 0 Å². The first kappa shape index (κ1) is 16.6. The van der Waals surface area contributed by atoms with Gasteiger partial charge in [0.25, 0.3) is 0 Å². The number of methoxy groups -OCH3 is 1. The Morgan fingerprint density at radius 1 is 1.04 bits per heavy atom. The van der Waals surface area contributed by atoms with Gasteiger partial charge in [-0.3, -0.25) is 9.59 Å². The second-order valence-electron chi connectivity index (χ2n) is 10.2. The van der Waals surface area contributed by atoms with Gasteiger partial charge < -0.3 is 4.74 Å². The van der Waals surface area contributed by atoms with Gasteiger partial charge in [0.15, 0.2) is 0 Å². The van der Waals surface area contributed by atoms with Gasteiger partial charge in [-0.25, -0.2) is 0 Å². The minimum absolute atomic E-state index is 0.0162. The largest absolute Gasteiger partial charge is 0.469 e. The van der Waals surface area contributed by atoms with E-state index in [-0.39, 0.29) is 27.6 Å². The predicted molar refractivity (Wildman–Crippen MR) is 92.3 cm³/mol. The first-order valence-corrected chi connectivity index (χ1v) is 9.82. The number of carbonyl (C=O) groups excluding carboxylic acids is 2. The fourth-order valence-corrected chi connectivity index (χ4v) is 7.98. The fourth-order valence-electron chi connectivity index (χ4n) is 7.98. The van der Waals surface area contributed by atoms with Crippen LogP contribution in [-0.2, 0) is 14.3 Å². The minimum Gasteiger partial charge on any atom is -0.469 e. The molecule has 3 heteroatoms. The Labute approximate surface area is 145 Å². The van der Waals surface area contributed by atoms with Crippen molar-refractivity contribution < 1.29 is 14.3 Å². The number of hydrogen-bond acceptors (Lipinski definition) is 3. The summed E-state index contributed by atoms with van der Waals surface area (Å²) in [7, 11) is 1.53. The summed E-state index contributed by atoms with van der Waals surface area (Å²) in [6, 6.07) is 0. The van der Waals surface area contributed by atoms with Crippen LogP contribution in [0.15, 0.2) is 0 Å². The van der Waals surface area contributed by atoms with Crippen LogP contribution in [0.4, 0.5) is 0 Å². The molecule has 134 valence electrons. The standard InChI is InChI=1S/C21H32O3/c1-18-10-6-15-19(2)8-5-9-20(3,17(23)24-4)14(19)7-11-21(15,13-18)12-16(18)22/h14-15H,5-13H2,1-4H3/t14-,15+,18-,19+,20+,21-/m0/s1. The van der Waals surface area contributed by atoms with E-state index < -0.39 is 0 Å². The first-order chi connectivity index (χ1) is 11.2. The van der Waals surface area contributed by atoms with Crippen LogP contribution in [0.5, 0.6) is 0 Å². The van der Waals surface area contributed by atoms with Gasteiger partial charge in [0, 0.05) is 11.8 Å². The molecule has 2 bridgehead atoms. The Kier molecular flexibility index (Phi) is 3.36. The van der Waals surface area contributed by atoms with E-state index in [9.17, 15) is 9.59 Å². The number of ether oxygens (including phenoxy) is 1. The number of hydrogen-bond donors (Lipinski definition) is 0. The molecule has 3 nitrogen and oxygen atoms in total. The molecule has 4 fully saturated rings. The molecule has 24 heavy (non-hydrogen) atoms. The number of ketones is 1. The van der Waals surface area contributed by atoms with Crippen LogP contribution in [0.1, 0.15) is 78.6 Å². The molecular formula is C21H32O3. The second-order valence-corrected chi connectivity index (χ2v) is 10.2. The predicted octanol–water partition coefficient (Wildman–Crippen LogP) is 4.53. The average Bonchev–Trinajstić information content (AvgIpc) is 2.70. The summed E-state index contributed by atoms with van der Waals surface area (Å²) in [6.07, 6.45) is 9.61. The van der Waals surface area contributed by atoms with Crippen LogP contribution in [0.25, 0.3) is 0 Å². The van der Waals surface area contributed by atoms with Crippen molar-refractivity contribution in [3.05, 3.63) is 0 Å². The minimum atomic E-state index is -0.341. The van der Waals surface area contributed by atoms with E-state index in [1.54, 1.807) is 0 Å². The van der Waals surface area contributed by atoms with Crippen molar-refractivity contribution in [3.8, 4) is 0 Å². The van der Waals surface area contributed by atoms with Gasteiger partial charge in [0.2, 0.25) is 0 Å². The van der Waals surface area contributed by atoms with Crippen LogP contribution in [0.2, 0.25) is 0 Å². The Morgan fingerprint density at radius 3 is 2.46 bits per heavy atom. The Hall–Kier alpha value is -0.860. The van der Waals surface area contributed by atoms with E-state index in [0.717, 1.165) is 44.9 Å². The van der Waals surface area contributed by atoms with Crippen molar-refractivity contribution in [1.29, 1.82) is 0 Å². The Morgan fingerprint density at radius 2 is 1.75 bits per heavy atom. The van der Waals surface area contributed by atoms with Gasteiger partial charge in [0.1, 0.15) is 5.78 Å². The topological polar surface area (TPSA) is 43.4 Å². The summed E-state index contributed by atoms with van der Waals surface area (Å²) in [6.45, 7) is 6.79. The van der Waals surface area contributed by atoms with Crippen molar-refractivity contribution in [3.63, 3.8) is 0 Å². The van der Waals surface area contributed by atoms with Crippen molar-refractivity contribution in [2.45, 2.75) is 78.6 Å². The molecule has 4 saturated carbocycles. The molecule has 1 spiro atoms. The van der Waals surface area contributed by atoms with Crippen molar-refractivity contribution in [1.82, 2.24) is 0 Å². The van der Waals surface area contributed by atoms with Crippen LogP contribution >= 0.6 is 0 Å². The quantitative estimate of drug-likeness (QED) is 0.663. The van der Waals surface area contributed by atoms with Gasteiger partial charge in [-0.15, -0.1) is 0 Å². The number of carbonyl (C=O) groups is 2. The van der Waals surface area contributed by atoms with Crippen molar-refractivity contribution in [2.24, 2.45) is 33.5 Å². The molecule has 0 unspecified atom stereocenters. The lowest BCUT2D eigenvalue weighted by Gasteiger charge is -2.63. The molecule has 4 aliphatic rings. The second kappa shape index (κ2) is 4.86. The van der Waals surface area contributed by atoms with Gasteiger partial charge in [-0.05, 0) is 74.5 Å². The highest BCUT2D eigenvalue weighted by Gasteiger charge is 2.68. The molecule has 4 rings (SSSR count). The van der Waals surface area contributed by atoms with Gasteiger partial charge in [-0.2, -0.15) is 0 Å². The van der Waals surface area contributed by atoms with Gasteiger partial charge in [0.05, 0.1) is 12.5 Å². The highest BCUT2D eigenvalue weighted by atomic mass is 16.5. The van der Waals surface area contributed by atoms with Crippen LogP contribution in [0.3, 0.4) is 0 Å². The molecule has 0 heterocycles. The lowest BCUT2D eigenvalue weighted by Crippen LogP contribution is -2.58. The summed E-state index contributed by atoms with van der Waals surface area (Å²) in [5, 5.41) is 0. The van der Waals surface area contributed by atoms with Crippen molar-refractivity contribution in [2.75, 3.05) is 7.11 Å². The molecular weight excluding hydrogens is 300 g/mol. The summed E-state index contributed by atoms with van der Waals surface area (Å²) >= 11 is 0. The van der Waals surface area contributed by atoms with Crippen molar-refractivity contribution >= 4 is 11.8 Å². The van der Waals surface area contributed by atoms with E-state index in [4.69, 9.17) is 4.74 Å². The third-order valence-electron chi connectivity index (χ3n) is 9.01. The summed E-state index contributed by atoms with van der Waals surface area (Å²) in [5.41, 5.74) is 0.0157.